The molecule has 20 heavy (non-hydrogen) atoms. The zero-order valence-electron chi connectivity index (χ0n) is 12.5. The Balaban J connectivity index is 1.87. The molecule has 0 radical (unpaired) electrons. The van der Waals surface area contributed by atoms with Gasteiger partial charge in [-0.25, -0.2) is 0 Å². The van der Waals surface area contributed by atoms with Crippen LogP contribution >= 0.6 is 0 Å². The van der Waals surface area contributed by atoms with E-state index in [9.17, 15) is 4.79 Å². The Morgan fingerprint density at radius 1 is 1.60 bits per heavy atom. The van der Waals surface area contributed by atoms with Crippen molar-refractivity contribution in [2.75, 3.05) is 13.1 Å². The van der Waals surface area contributed by atoms with E-state index in [1.54, 1.807) is 6.33 Å². The third-order valence-electron chi connectivity index (χ3n) is 3.94. The van der Waals surface area contributed by atoms with E-state index in [-0.39, 0.29) is 11.9 Å². The van der Waals surface area contributed by atoms with Gasteiger partial charge in [-0.1, -0.05) is 0 Å². The summed E-state index contributed by atoms with van der Waals surface area (Å²) in [5.74, 6) is 1.55. The number of aryl methyl sites for hydroxylation is 1. The second-order valence-electron chi connectivity index (χ2n) is 5.85. The molecule has 2 rings (SSSR count). The topological polar surface area (TPSA) is 77.0 Å². The highest BCUT2D eigenvalue weighted by Crippen LogP contribution is 2.25. The normalized spacial score (nSPS) is 20.9. The summed E-state index contributed by atoms with van der Waals surface area (Å²) in [4.78, 5) is 14.2. The molecule has 0 bridgehead atoms. The fourth-order valence-corrected chi connectivity index (χ4v) is 2.81. The molecule has 0 aliphatic carbocycles. The lowest BCUT2D eigenvalue weighted by Crippen LogP contribution is -2.39. The van der Waals surface area contributed by atoms with Gasteiger partial charge in [0.25, 0.3) is 0 Å². The predicted molar refractivity (Wildman–Crippen MR) is 77.1 cm³/mol. The van der Waals surface area contributed by atoms with Gasteiger partial charge in [-0.3, -0.25) is 4.79 Å². The van der Waals surface area contributed by atoms with E-state index >= 15 is 0 Å². The van der Waals surface area contributed by atoms with Crippen LogP contribution in [0.15, 0.2) is 6.33 Å². The van der Waals surface area contributed by atoms with E-state index in [1.807, 2.05) is 23.4 Å². The van der Waals surface area contributed by atoms with Crippen molar-refractivity contribution >= 4 is 5.91 Å². The summed E-state index contributed by atoms with van der Waals surface area (Å²) in [5, 5.41) is 8.11. The van der Waals surface area contributed by atoms with Crippen LogP contribution in [-0.2, 0) is 11.8 Å². The zero-order chi connectivity index (χ0) is 14.5. The largest absolute Gasteiger partial charge is 0.342 e. The lowest BCUT2D eigenvalue weighted by atomic mass is 9.96. The number of likely N-dealkylation sites (tertiary alicyclic amines) is 1. The lowest BCUT2D eigenvalue weighted by molar-refractivity contribution is -0.132. The molecule has 6 heteroatoms. The molecule has 1 aromatic rings. The number of aromatic nitrogens is 3. The maximum Gasteiger partial charge on any atom is 0.222 e. The third kappa shape index (κ3) is 3.79. The summed E-state index contributed by atoms with van der Waals surface area (Å²) in [6, 6.07) is 0.176. The minimum atomic E-state index is 0.176. The first kappa shape index (κ1) is 15.0. The van der Waals surface area contributed by atoms with Gasteiger partial charge in [0.1, 0.15) is 12.2 Å². The Hall–Kier alpha value is -1.43. The number of hydrogen-bond donors (Lipinski definition) is 1. The van der Waals surface area contributed by atoms with Crippen LogP contribution < -0.4 is 5.73 Å². The second-order valence-corrected chi connectivity index (χ2v) is 5.85. The molecule has 2 heterocycles. The average molecular weight is 279 g/mol. The number of piperidine rings is 1. The van der Waals surface area contributed by atoms with Gasteiger partial charge < -0.3 is 15.2 Å². The molecule has 2 atom stereocenters. The lowest BCUT2D eigenvalue weighted by Gasteiger charge is -2.32. The first-order chi connectivity index (χ1) is 9.58. The Morgan fingerprint density at radius 2 is 2.40 bits per heavy atom. The summed E-state index contributed by atoms with van der Waals surface area (Å²) in [7, 11) is 1.96. The van der Waals surface area contributed by atoms with Crippen molar-refractivity contribution in [3.63, 3.8) is 0 Å². The van der Waals surface area contributed by atoms with Crippen LogP contribution in [0.3, 0.4) is 0 Å². The van der Waals surface area contributed by atoms with E-state index in [4.69, 9.17) is 5.73 Å². The number of carbonyl (C=O) groups excluding carboxylic acids is 1. The minimum absolute atomic E-state index is 0.176. The fourth-order valence-electron chi connectivity index (χ4n) is 2.81. The smallest absolute Gasteiger partial charge is 0.222 e. The second kappa shape index (κ2) is 6.83. The molecule has 0 aromatic carbocycles. The van der Waals surface area contributed by atoms with Gasteiger partial charge in [0.05, 0.1) is 0 Å². The molecule has 0 spiro atoms. The standard InChI is InChI=1S/C14H25N5O/c1-11(15)5-3-7-13(20)19-8-4-6-12(9-19)14-17-16-10-18(14)2/h10-12H,3-9,15H2,1-2H3. The van der Waals surface area contributed by atoms with Crippen molar-refractivity contribution in [3.8, 4) is 0 Å². The molecule has 1 aromatic heterocycles. The van der Waals surface area contributed by atoms with Crippen LogP contribution in [0.25, 0.3) is 0 Å². The summed E-state index contributed by atoms with van der Waals surface area (Å²) >= 11 is 0. The number of nitrogens with two attached hydrogens (primary N) is 1. The molecular weight excluding hydrogens is 254 g/mol. The van der Waals surface area contributed by atoms with Crippen molar-refractivity contribution in [2.45, 2.75) is 51.0 Å². The summed E-state index contributed by atoms with van der Waals surface area (Å²) < 4.78 is 1.95. The number of amides is 1. The Labute approximate surface area is 120 Å². The monoisotopic (exact) mass is 279 g/mol. The Morgan fingerprint density at radius 3 is 3.05 bits per heavy atom. The van der Waals surface area contributed by atoms with Gasteiger partial charge in [0.15, 0.2) is 0 Å². The average Bonchev–Trinajstić information content (AvgIpc) is 2.84. The summed E-state index contributed by atoms with van der Waals surface area (Å²) in [6.45, 7) is 3.62. The van der Waals surface area contributed by atoms with Crippen molar-refractivity contribution in [1.29, 1.82) is 0 Å². The Kier molecular flexibility index (Phi) is 5.11. The summed E-state index contributed by atoms with van der Waals surface area (Å²) in [5.41, 5.74) is 5.72. The van der Waals surface area contributed by atoms with Crippen LogP contribution in [0.2, 0.25) is 0 Å². The summed E-state index contributed by atoms with van der Waals surface area (Å²) in [6.07, 6.45) is 6.23. The highest BCUT2D eigenvalue weighted by atomic mass is 16.2. The fraction of sp³-hybridized carbons (Fsp3) is 0.786. The first-order valence-electron chi connectivity index (χ1n) is 7.45. The van der Waals surface area contributed by atoms with Crippen molar-refractivity contribution < 1.29 is 4.79 Å². The number of nitrogens with zero attached hydrogens (tertiary/aromatic N) is 4. The SMILES string of the molecule is CC(N)CCCC(=O)N1CCCC(c2nncn2C)C1. The van der Waals surface area contributed by atoms with Crippen LogP contribution in [-0.4, -0.2) is 44.7 Å². The Bertz CT molecular complexity index is 443. The molecule has 1 saturated heterocycles. The zero-order valence-corrected chi connectivity index (χ0v) is 12.5. The van der Waals surface area contributed by atoms with Crippen LogP contribution in [0.4, 0.5) is 0 Å². The van der Waals surface area contributed by atoms with E-state index in [1.165, 1.54) is 0 Å². The number of rotatable bonds is 5. The van der Waals surface area contributed by atoms with E-state index in [0.29, 0.717) is 12.3 Å². The van der Waals surface area contributed by atoms with Crippen molar-refractivity contribution in [1.82, 2.24) is 19.7 Å². The molecular formula is C14H25N5O. The van der Waals surface area contributed by atoms with Gasteiger partial charge in [0, 0.05) is 38.5 Å². The van der Waals surface area contributed by atoms with Crippen molar-refractivity contribution in [3.05, 3.63) is 12.2 Å². The van der Waals surface area contributed by atoms with E-state index in [2.05, 4.69) is 10.2 Å². The number of carbonyl (C=O) groups is 1. The van der Waals surface area contributed by atoms with Crippen LogP contribution in [0, 0.1) is 0 Å². The van der Waals surface area contributed by atoms with Gasteiger partial charge >= 0.3 is 0 Å². The molecule has 6 nitrogen and oxygen atoms in total. The van der Waals surface area contributed by atoms with Crippen LogP contribution in [0.5, 0.6) is 0 Å². The predicted octanol–water partition coefficient (Wildman–Crippen LogP) is 1.04. The molecule has 1 fully saturated rings. The quantitative estimate of drug-likeness (QED) is 0.873. The molecule has 0 saturated carbocycles. The van der Waals surface area contributed by atoms with E-state index in [0.717, 1.165) is 44.6 Å². The highest BCUT2D eigenvalue weighted by Gasteiger charge is 2.27. The van der Waals surface area contributed by atoms with Crippen molar-refractivity contribution in [2.24, 2.45) is 12.8 Å². The third-order valence-corrected chi connectivity index (χ3v) is 3.94. The minimum Gasteiger partial charge on any atom is -0.342 e. The highest BCUT2D eigenvalue weighted by molar-refractivity contribution is 5.76. The molecule has 112 valence electrons. The molecule has 1 aliphatic heterocycles. The van der Waals surface area contributed by atoms with Gasteiger partial charge in [-0.05, 0) is 32.6 Å². The molecule has 2 N–H and O–H groups in total. The first-order valence-corrected chi connectivity index (χ1v) is 7.45. The molecule has 1 aliphatic rings. The van der Waals surface area contributed by atoms with Gasteiger partial charge in [-0.2, -0.15) is 0 Å². The maximum atomic E-state index is 12.2. The number of hydrogen-bond acceptors (Lipinski definition) is 4. The van der Waals surface area contributed by atoms with Crippen LogP contribution in [0.1, 0.15) is 50.8 Å². The molecule has 2 unspecified atom stereocenters. The molecule has 1 amide bonds. The van der Waals surface area contributed by atoms with Gasteiger partial charge in [0.2, 0.25) is 5.91 Å². The van der Waals surface area contributed by atoms with Gasteiger partial charge in [-0.15, -0.1) is 10.2 Å². The van der Waals surface area contributed by atoms with E-state index < -0.39 is 0 Å². The maximum absolute atomic E-state index is 12.2.